The van der Waals surface area contributed by atoms with Crippen molar-refractivity contribution in [3.63, 3.8) is 0 Å². The summed E-state index contributed by atoms with van der Waals surface area (Å²) in [7, 11) is 0. The Morgan fingerprint density at radius 3 is 2.04 bits per heavy atom. The summed E-state index contributed by atoms with van der Waals surface area (Å²) in [6.07, 6.45) is -5.03. The fourth-order valence-electron chi connectivity index (χ4n) is 2.31. The number of fused-ring (bicyclic) bond motifs is 1. The van der Waals surface area contributed by atoms with Gasteiger partial charge in [0.1, 0.15) is 5.82 Å². The highest BCUT2D eigenvalue weighted by Gasteiger charge is 2.41. The van der Waals surface area contributed by atoms with Crippen LogP contribution in [0.1, 0.15) is 36.6 Å². The molecule has 0 bridgehead atoms. The molecule has 1 aliphatic rings. The van der Waals surface area contributed by atoms with Crippen molar-refractivity contribution in [1.29, 1.82) is 0 Å². The van der Waals surface area contributed by atoms with Gasteiger partial charge in [-0.15, -0.1) is 0 Å². The van der Waals surface area contributed by atoms with Crippen LogP contribution in [0.3, 0.4) is 0 Å². The first-order valence-electron chi connectivity index (χ1n) is 6.77. The lowest BCUT2D eigenvalue weighted by molar-refractivity contribution is -0.138. The zero-order valence-corrected chi connectivity index (χ0v) is 12.1. The largest absolute Gasteiger partial charge is 0.417 e. The second-order valence-corrected chi connectivity index (χ2v) is 5.02. The Morgan fingerprint density at radius 1 is 0.960 bits per heavy atom. The molecule has 9 heteroatoms. The molecule has 0 atom stereocenters. The molecular formula is C16H7F4NO4. The first kappa shape index (κ1) is 16.6. The molecule has 1 heterocycles. The summed E-state index contributed by atoms with van der Waals surface area (Å²) < 4.78 is 51.9. The van der Waals surface area contributed by atoms with Gasteiger partial charge in [-0.1, -0.05) is 17.2 Å². The van der Waals surface area contributed by atoms with E-state index >= 15 is 0 Å². The third kappa shape index (κ3) is 2.84. The normalized spacial score (nSPS) is 13.8. The summed E-state index contributed by atoms with van der Waals surface area (Å²) in [6, 6.07) is 6.88. The van der Waals surface area contributed by atoms with Gasteiger partial charge in [-0.25, -0.2) is 9.18 Å². The van der Waals surface area contributed by atoms with Crippen LogP contribution in [0.5, 0.6) is 0 Å². The van der Waals surface area contributed by atoms with Crippen LogP contribution in [0.2, 0.25) is 0 Å². The molecule has 1 aliphatic heterocycles. The van der Waals surface area contributed by atoms with Crippen LogP contribution in [0.4, 0.5) is 17.6 Å². The van der Waals surface area contributed by atoms with Crippen LogP contribution in [-0.4, -0.2) is 22.8 Å². The van der Waals surface area contributed by atoms with Gasteiger partial charge in [0.15, 0.2) is 0 Å². The van der Waals surface area contributed by atoms with E-state index in [1.54, 1.807) is 0 Å². The molecule has 0 radical (unpaired) electrons. The Hall–Kier alpha value is -3.23. The highest BCUT2D eigenvalue weighted by Crippen LogP contribution is 2.33. The van der Waals surface area contributed by atoms with Gasteiger partial charge in [-0.3, -0.25) is 9.59 Å². The summed E-state index contributed by atoms with van der Waals surface area (Å²) in [5.41, 5.74) is -2.69. The van der Waals surface area contributed by atoms with E-state index in [1.807, 2.05) is 0 Å². The lowest BCUT2D eigenvalue weighted by atomic mass is 10.1. The maximum atomic E-state index is 13.1. The van der Waals surface area contributed by atoms with E-state index in [1.165, 1.54) is 24.3 Å². The van der Waals surface area contributed by atoms with Gasteiger partial charge in [-0.2, -0.15) is 13.2 Å². The summed E-state index contributed by atoms with van der Waals surface area (Å²) in [5, 5.41) is 0.0799. The van der Waals surface area contributed by atoms with Gasteiger partial charge in [0.25, 0.3) is 11.8 Å². The van der Waals surface area contributed by atoms with E-state index in [-0.39, 0.29) is 22.3 Å². The zero-order chi connectivity index (χ0) is 18.4. The summed E-state index contributed by atoms with van der Waals surface area (Å²) in [5.74, 6) is -4.78. The number of hydrogen-bond donors (Lipinski definition) is 0. The minimum absolute atomic E-state index is 0.0459. The average molecular weight is 353 g/mol. The number of imide groups is 1. The Kier molecular flexibility index (Phi) is 3.78. The Balaban J connectivity index is 1.92. The van der Waals surface area contributed by atoms with E-state index in [0.29, 0.717) is 12.1 Å². The van der Waals surface area contributed by atoms with Crippen LogP contribution < -0.4 is 0 Å². The number of rotatable bonds is 2. The van der Waals surface area contributed by atoms with Gasteiger partial charge in [0, 0.05) is 0 Å². The second-order valence-electron chi connectivity index (χ2n) is 5.02. The van der Waals surface area contributed by atoms with E-state index in [9.17, 15) is 31.9 Å². The average Bonchev–Trinajstić information content (AvgIpc) is 2.79. The topological polar surface area (TPSA) is 63.7 Å². The summed E-state index contributed by atoms with van der Waals surface area (Å²) in [4.78, 5) is 40.7. The molecule has 0 fully saturated rings. The van der Waals surface area contributed by atoms with Crippen molar-refractivity contribution in [2.24, 2.45) is 0 Å². The lowest BCUT2D eigenvalue weighted by Gasteiger charge is -2.15. The monoisotopic (exact) mass is 353 g/mol. The molecule has 128 valence electrons. The van der Waals surface area contributed by atoms with Gasteiger partial charge in [0.2, 0.25) is 0 Å². The van der Waals surface area contributed by atoms with Crippen molar-refractivity contribution in [3.05, 3.63) is 70.5 Å². The molecular weight excluding hydrogens is 346 g/mol. The Labute approximate surface area is 137 Å². The maximum Gasteiger partial charge on any atom is 0.417 e. The van der Waals surface area contributed by atoms with Crippen molar-refractivity contribution in [2.45, 2.75) is 6.18 Å². The van der Waals surface area contributed by atoms with Gasteiger partial charge >= 0.3 is 12.1 Å². The SMILES string of the molecule is O=C(ON1C(=O)c2ccccc2C1=O)c1ccc(F)cc1C(F)(F)F. The van der Waals surface area contributed by atoms with Crippen LogP contribution in [0.15, 0.2) is 42.5 Å². The van der Waals surface area contributed by atoms with Crippen molar-refractivity contribution < 1.29 is 36.8 Å². The summed E-state index contributed by atoms with van der Waals surface area (Å²) in [6.45, 7) is 0. The number of amides is 2. The number of nitrogens with zero attached hydrogens (tertiary/aromatic N) is 1. The molecule has 0 aliphatic carbocycles. The molecule has 3 rings (SSSR count). The van der Waals surface area contributed by atoms with Crippen molar-refractivity contribution in [1.82, 2.24) is 5.06 Å². The first-order valence-corrected chi connectivity index (χ1v) is 6.77. The minimum Gasteiger partial charge on any atom is -0.324 e. The van der Waals surface area contributed by atoms with Gasteiger partial charge in [-0.05, 0) is 30.3 Å². The summed E-state index contributed by atoms with van der Waals surface area (Å²) >= 11 is 0. The predicted octanol–water partition coefficient (Wildman–Crippen LogP) is 3.21. The van der Waals surface area contributed by atoms with Crippen molar-refractivity contribution in [2.75, 3.05) is 0 Å². The van der Waals surface area contributed by atoms with Crippen molar-refractivity contribution in [3.8, 4) is 0 Å². The second kappa shape index (κ2) is 5.69. The number of carbonyl (C=O) groups excluding carboxylic acids is 3. The zero-order valence-electron chi connectivity index (χ0n) is 12.1. The molecule has 2 aromatic rings. The molecule has 0 unspecified atom stereocenters. The van der Waals surface area contributed by atoms with Crippen LogP contribution in [0, 0.1) is 5.82 Å². The standard InChI is InChI=1S/C16H7F4NO4/c17-8-5-6-11(12(7-8)16(18,19)20)15(24)25-21-13(22)9-3-1-2-4-10(9)14(21)23/h1-7H. The number of alkyl halides is 3. The Morgan fingerprint density at radius 2 is 1.52 bits per heavy atom. The molecule has 2 aromatic carbocycles. The molecule has 0 aromatic heterocycles. The molecule has 5 nitrogen and oxygen atoms in total. The van der Waals surface area contributed by atoms with E-state index < -0.39 is 40.9 Å². The predicted molar refractivity (Wildman–Crippen MR) is 73.8 cm³/mol. The molecule has 0 saturated heterocycles. The third-order valence-corrected chi connectivity index (χ3v) is 3.44. The van der Waals surface area contributed by atoms with E-state index in [4.69, 9.17) is 0 Å². The fourth-order valence-corrected chi connectivity index (χ4v) is 2.31. The molecule has 25 heavy (non-hydrogen) atoms. The number of hydroxylamine groups is 2. The van der Waals surface area contributed by atoms with Crippen LogP contribution in [-0.2, 0) is 11.0 Å². The Bertz CT molecular complexity index is 872. The molecule has 0 N–H and O–H groups in total. The molecule has 0 spiro atoms. The number of benzene rings is 2. The first-order chi connectivity index (χ1) is 11.7. The number of carbonyl (C=O) groups is 3. The quantitative estimate of drug-likeness (QED) is 0.614. The van der Waals surface area contributed by atoms with E-state index in [2.05, 4.69) is 4.84 Å². The van der Waals surface area contributed by atoms with E-state index in [0.717, 1.165) is 0 Å². The van der Waals surface area contributed by atoms with Crippen LogP contribution in [0.25, 0.3) is 0 Å². The smallest absolute Gasteiger partial charge is 0.324 e. The third-order valence-electron chi connectivity index (χ3n) is 3.44. The van der Waals surface area contributed by atoms with Crippen molar-refractivity contribution >= 4 is 17.8 Å². The van der Waals surface area contributed by atoms with Crippen LogP contribution >= 0.6 is 0 Å². The minimum atomic E-state index is -5.03. The lowest BCUT2D eigenvalue weighted by Crippen LogP contribution is -2.33. The maximum absolute atomic E-state index is 13.1. The highest BCUT2D eigenvalue weighted by molar-refractivity contribution is 6.21. The molecule has 0 saturated carbocycles. The van der Waals surface area contributed by atoms with Gasteiger partial charge in [0.05, 0.1) is 22.3 Å². The highest BCUT2D eigenvalue weighted by atomic mass is 19.4. The number of halogens is 4. The number of hydrogen-bond acceptors (Lipinski definition) is 4. The van der Waals surface area contributed by atoms with Gasteiger partial charge < -0.3 is 4.84 Å². The molecule has 2 amide bonds. The fraction of sp³-hybridized carbons (Fsp3) is 0.0625.